The number of rotatable bonds is 3. The van der Waals surface area contributed by atoms with Crippen molar-refractivity contribution in [1.29, 1.82) is 0 Å². The van der Waals surface area contributed by atoms with E-state index in [1.807, 2.05) is 22.6 Å². The number of alkyl halides is 1. The molecule has 0 amide bonds. The maximum absolute atomic E-state index is 9.66. The average Bonchev–Trinajstić information content (AvgIpc) is 1.65. The molecule has 0 aromatic heterocycles. The van der Waals surface area contributed by atoms with Gasteiger partial charge in [-0.2, -0.15) is 0 Å². The highest BCUT2D eigenvalue weighted by atomic mass is 127. The van der Waals surface area contributed by atoms with Gasteiger partial charge in [0.15, 0.2) is 0 Å². The Morgan fingerprint density at radius 1 is 1.88 bits per heavy atom. The molecule has 1 unspecified atom stereocenters. The lowest BCUT2D eigenvalue weighted by molar-refractivity contribution is -0.478. The van der Waals surface area contributed by atoms with Gasteiger partial charge in [0, 0.05) is 4.92 Å². The number of hydrogen-bond acceptors (Lipinski definition) is 3. The first kappa shape index (κ1) is 8.09. The Balaban J connectivity index is 3.24. The number of nitro groups is 1. The SMILES string of the molecule is O=[N+]([O-])CC(I)CO. The molecule has 0 aliphatic carbocycles. The summed E-state index contributed by atoms with van der Waals surface area (Å²) >= 11 is 1.83. The van der Waals surface area contributed by atoms with E-state index in [0.717, 1.165) is 0 Å². The molecule has 0 aromatic rings. The number of aliphatic hydroxyl groups is 1. The van der Waals surface area contributed by atoms with Crippen LogP contribution in [0.15, 0.2) is 0 Å². The van der Waals surface area contributed by atoms with Gasteiger partial charge in [0.25, 0.3) is 0 Å². The van der Waals surface area contributed by atoms with Crippen LogP contribution in [0, 0.1) is 10.1 Å². The number of nitrogens with zero attached hydrogens (tertiary/aromatic N) is 1. The number of halogens is 1. The monoisotopic (exact) mass is 231 g/mol. The van der Waals surface area contributed by atoms with E-state index >= 15 is 0 Å². The van der Waals surface area contributed by atoms with Gasteiger partial charge in [-0.15, -0.1) is 0 Å². The third-order valence-corrected chi connectivity index (χ3v) is 1.33. The third-order valence-electron chi connectivity index (χ3n) is 0.545. The first-order valence-electron chi connectivity index (χ1n) is 2.03. The molecule has 0 aromatic carbocycles. The highest BCUT2D eigenvalue weighted by Gasteiger charge is 2.07. The normalized spacial score (nSPS) is 13.2. The molecule has 0 fully saturated rings. The van der Waals surface area contributed by atoms with Crippen LogP contribution < -0.4 is 0 Å². The fourth-order valence-electron chi connectivity index (χ4n) is 0.219. The van der Waals surface area contributed by atoms with Crippen molar-refractivity contribution in [2.24, 2.45) is 0 Å². The lowest BCUT2D eigenvalue weighted by Crippen LogP contribution is -2.16. The van der Waals surface area contributed by atoms with Crippen LogP contribution in [0.5, 0.6) is 0 Å². The van der Waals surface area contributed by atoms with Crippen molar-refractivity contribution < 1.29 is 10.0 Å². The zero-order valence-electron chi connectivity index (χ0n) is 4.08. The first-order chi connectivity index (χ1) is 3.66. The zero-order valence-corrected chi connectivity index (χ0v) is 6.24. The van der Waals surface area contributed by atoms with E-state index in [0.29, 0.717) is 0 Å². The Morgan fingerprint density at radius 3 is 2.50 bits per heavy atom. The van der Waals surface area contributed by atoms with Crippen molar-refractivity contribution in [3.8, 4) is 0 Å². The highest BCUT2D eigenvalue weighted by molar-refractivity contribution is 14.1. The Morgan fingerprint density at radius 2 is 2.38 bits per heavy atom. The minimum Gasteiger partial charge on any atom is -0.395 e. The second-order valence-electron chi connectivity index (χ2n) is 1.30. The summed E-state index contributed by atoms with van der Waals surface area (Å²) in [5.74, 6) is 0. The largest absolute Gasteiger partial charge is 0.395 e. The summed E-state index contributed by atoms with van der Waals surface area (Å²) in [4.78, 5) is 9.22. The fraction of sp³-hybridized carbons (Fsp3) is 1.00. The summed E-state index contributed by atoms with van der Waals surface area (Å²) in [7, 11) is 0. The van der Waals surface area contributed by atoms with Gasteiger partial charge in [-0.3, -0.25) is 10.1 Å². The van der Waals surface area contributed by atoms with Gasteiger partial charge in [0.1, 0.15) is 0 Å². The highest BCUT2D eigenvalue weighted by Crippen LogP contribution is 1.97. The molecule has 1 atom stereocenters. The first-order valence-corrected chi connectivity index (χ1v) is 3.28. The molecular formula is C3H6INO3. The predicted octanol–water partition coefficient (Wildman–Crippen LogP) is 0.0590. The summed E-state index contributed by atoms with van der Waals surface area (Å²) in [6.45, 7) is -0.279. The van der Waals surface area contributed by atoms with Crippen LogP contribution in [0.1, 0.15) is 0 Å². The summed E-state index contributed by atoms with van der Waals surface area (Å²) in [6, 6.07) is 0. The molecule has 0 heterocycles. The van der Waals surface area contributed by atoms with Crippen LogP contribution in [0.25, 0.3) is 0 Å². The number of aliphatic hydroxyl groups excluding tert-OH is 1. The van der Waals surface area contributed by atoms with E-state index in [1.165, 1.54) is 0 Å². The molecule has 48 valence electrons. The molecule has 0 saturated heterocycles. The van der Waals surface area contributed by atoms with Crippen LogP contribution in [0.2, 0.25) is 0 Å². The van der Waals surface area contributed by atoms with E-state index in [9.17, 15) is 10.1 Å². The van der Waals surface area contributed by atoms with Crippen LogP contribution in [0.3, 0.4) is 0 Å². The molecule has 5 heteroatoms. The van der Waals surface area contributed by atoms with E-state index in [-0.39, 0.29) is 17.1 Å². The smallest absolute Gasteiger partial charge is 0.217 e. The molecule has 0 spiro atoms. The van der Waals surface area contributed by atoms with Crippen molar-refractivity contribution >= 4 is 22.6 Å². The Bertz CT molecular complexity index is 86.6. The van der Waals surface area contributed by atoms with Gasteiger partial charge in [-0.1, -0.05) is 22.6 Å². The maximum Gasteiger partial charge on any atom is 0.217 e. The lowest BCUT2D eigenvalue weighted by Gasteiger charge is -1.95. The van der Waals surface area contributed by atoms with E-state index in [4.69, 9.17) is 5.11 Å². The molecule has 4 nitrogen and oxygen atoms in total. The van der Waals surface area contributed by atoms with Crippen molar-refractivity contribution in [2.45, 2.75) is 3.92 Å². The second kappa shape index (κ2) is 4.02. The Hall–Kier alpha value is 0.0900. The molecule has 0 aliphatic heterocycles. The second-order valence-corrected chi connectivity index (χ2v) is 3.06. The Labute approximate surface area is 60.2 Å². The summed E-state index contributed by atoms with van der Waals surface area (Å²) in [6.07, 6.45) is 0. The molecule has 0 bridgehead atoms. The fourth-order valence-corrected chi connectivity index (χ4v) is 0.541. The lowest BCUT2D eigenvalue weighted by atomic mass is 10.5. The van der Waals surface area contributed by atoms with Gasteiger partial charge in [0.05, 0.1) is 10.5 Å². The standard InChI is InChI=1S/C3H6INO3/c4-3(2-6)1-5(7)8/h3,6H,1-2H2. The molecule has 0 saturated carbocycles. The molecule has 0 radical (unpaired) electrons. The molecular weight excluding hydrogens is 225 g/mol. The van der Waals surface area contributed by atoms with Crippen LogP contribution in [-0.4, -0.2) is 27.1 Å². The third kappa shape index (κ3) is 4.25. The van der Waals surface area contributed by atoms with Gasteiger partial charge >= 0.3 is 0 Å². The topological polar surface area (TPSA) is 63.4 Å². The van der Waals surface area contributed by atoms with Crippen LogP contribution in [-0.2, 0) is 0 Å². The molecule has 1 N–H and O–H groups in total. The average molecular weight is 231 g/mol. The van der Waals surface area contributed by atoms with Gasteiger partial charge in [0.2, 0.25) is 6.54 Å². The van der Waals surface area contributed by atoms with E-state index < -0.39 is 4.92 Å². The molecule has 0 rings (SSSR count). The van der Waals surface area contributed by atoms with E-state index in [1.54, 1.807) is 0 Å². The zero-order chi connectivity index (χ0) is 6.57. The van der Waals surface area contributed by atoms with Crippen molar-refractivity contribution in [3.05, 3.63) is 10.1 Å². The maximum atomic E-state index is 9.66. The van der Waals surface area contributed by atoms with Gasteiger partial charge in [-0.05, 0) is 0 Å². The van der Waals surface area contributed by atoms with Crippen molar-refractivity contribution in [2.75, 3.05) is 13.2 Å². The quantitative estimate of drug-likeness (QED) is 0.323. The summed E-state index contributed by atoms with van der Waals surface area (Å²) < 4.78 is -0.248. The summed E-state index contributed by atoms with van der Waals surface area (Å²) in [5, 5.41) is 17.9. The van der Waals surface area contributed by atoms with Crippen LogP contribution >= 0.6 is 22.6 Å². The predicted molar refractivity (Wildman–Crippen MR) is 36.8 cm³/mol. The Kier molecular flexibility index (Phi) is 4.06. The summed E-state index contributed by atoms with van der Waals surface area (Å²) in [5.41, 5.74) is 0. The van der Waals surface area contributed by atoms with Crippen molar-refractivity contribution in [3.63, 3.8) is 0 Å². The van der Waals surface area contributed by atoms with Gasteiger partial charge in [-0.25, -0.2) is 0 Å². The van der Waals surface area contributed by atoms with Crippen molar-refractivity contribution in [1.82, 2.24) is 0 Å². The van der Waals surface area contributed by atoms with Gasteiger partial charge < -0.3 is 5.11 Å². The minimum absolute atomic E-state index is 0.123. The molecule has 8 heavy (non-hydrogen) atoms. The molecule has 0 aliphatic rings. The number of hydrogen-bond donors (Lipinski definition) is 1. The minimum atomic E-state index is -0.437. The van der Waals surface area contributed by atoms with E-state index in [2.05, 4.69) is 0 Å². The van der Waals surface area contributed by atoms with Crippen LogP contribution in [0.4, 0.5) is 0 Å².